The molecule has 0 heterocycles. The van der Waals surface area contributed by atoms with Crippen molar-refractivity contribution in [2.24, 2.45) is 0 Å². The Morgan fingerprint density at radius 3 is 2.22 bits per heavy atom. The fraction of sp³-hybridized carbons (Fsp3) is 0.0667. The topological polar surface area (TPSA) is 9.23 Å². The van der Waals surface area contributed by atoms with E-state index in [0.29, 0.717) is 21.5 Å². The number of methoxy groups -OCH3 is 1. The highest BCUT2D eigenvalue weighted by atomic mass is 19.1. The second-order valence-corrected chi connectivity index (χ2v) is 4.08. The third kappa shape index (κ3) is 1.44. The van der Waals surface area contributed by atoms with Gasteiger partial charge in [-0.15, -0.1) is 0 Å². The molecule has 0 aromatic heterocycles. The maximum atomic E-state index is 14.1. The van der Waals surface area contributed by atoms with Gasteiger partial charge in [0, 0.05) is 10.8 Å². The Morgan fingerprint density at radius 2 is 1.44 bits per heavy atom. The van der Waals surface area contributed by atoms with E-state index in [2.05, 4.69) is 0 Å². The van der Waals surface area contributed by atoms with Crippen LogP contribution in [-0.4, -0.2) is 7.11 Å². The summed E-state index contributed by atoms with van der Waals surface area (Å²) in [4.78, 5) is 0. The van der Waals surface area contributed by atoms with Crippen molar-refractivity contribution in [3.8, 4) is 5.75 Å². The van der Waals surface area contributed by atoms with E-state index in [-0.39, 0.29) is 11.6 Å². The van der Waals surface area contributed by atoms with Crippen LogP contribution in [0, 0.1) is 11.6 Å². The standard InChI is InChI=1S/C15H10F2O/c1-18-14-8-7-10-9-3-2-4-13(16)11(9)5-6-12(10)15(14)17/h2-8H,1H3. The second-order valence-electron chi connectivity index (χ2n) is 4.08. The zero-order chi connectivity index (χ0) is 12.7. The Hall–Kier alpha value is -2.16. The molecular weight excluding hydrogens is 234 g/mol. The van der Waals surface area contributed by atoms with Crippen LogP contribution in [0.2, 0.25) is 0 Å². The second kappa shape index (κ2) is 3.95. The minimum Gasteiger partial charge on any atom is -0.494 e. The molecule has 3 aromatic rings. The lowest BCUT2D eigenvalue weighted by Crippen LogP contribution is -1.90. The Bertz CT molecular complexity index is 750. The molecule has 3 rings (SSSR count). The van der Waals surface area contributed by atoms with Gasteiger partial charge in [0.25, 0.3) is 0 Å². The van der Waals surface area contributed by atoms with Crippen molar-refractivity contribution in [1.29, 1.82) is 0 Å². The summed E-state index contributed by atoms with van der Waals surface area (Å²) in [6.45, 7) is 0. The first-order valence-electron chi connectivity index (χ1n) is 5.56. The molecule has 0 unspecified atom stereocenters. The van der Waals surface area contributed by atoms with Crippen LogP contribution >= 0.6 is 0 Å². The molecule has 1 nitrogen and oxygen atoms in total. The first-order valence-corrected chi connectivity index (χ1v) is 5.56. The van der Waals surface area contributed by atoms with Crippen LogP contribution in [0.3, 0.4) is 0 Å². The Balaban J connectivity index is 2.50. The molecule has 90 valence electrons. The normalized spacial score (nSPS) is 11.1. The number of ether oxygens (including phenoxy) is 1. The van der Waals surface area contributed by atoms with E-state index in [4.69, 9.17) is 4.74 Å². The van der Waals surface area contributed by atoms with Crippen LogP contribution in [0.25, 0.3) is 21.5 Å². The summed E-state index contributed by atoms with van der Waals surface area (Å²) in [7, 11) is 1.42. The van der Waals surface area contributed by atoms with E-state index in [0.717, 1.165) is 0 Å². The number of benzene rings is 3. The molecular formula is C15H10F2O. The zero-order valence-electron chi connectivity index (χ0n) is 9.71. The summed E-state index contributed by atoms with van der Waals surface area (Å²) in [5, 5.41) is 2.32. The fourth-order valence-corrected chi connectivity index (χ4v) is 2.24. The zero-order valence-corrected chi connectivity index (χ0v) is 9.71. The van der Waals surface area contributed by atoms with Crippen molar-refractivity contribution < 1.29 is 13.5 Å². The highest BCUT2D eigenvalue weighted by molar-refractivity contribution is 6.08. The van der Waals surface area contributed by atoms with E-state index in [1.54, 1.807) is 36.4 Å². The highest BCUT2D eigenvalue weighted by Crippen LogP contribution is 2.32. The number of rotatable bonds is 1. The van der Waals surface area contributed by atoms with Crippen molar-refractivity contribution in [3.63, 3.8) is 0 Å². The lowest BCUT2D eigenvalue weighted by Gasteiger charge is -2.08. The van der Waals surface area contributed by atoms with Gasteiger partial charge in [0.05, 0.1) is 7.11 Å². The molecule has 0 aliphatic carbocycles. The maximum Gasteiger partial charge on any atom is 0.172 e. The van der Waals surface area contributed by atoms with Gasteiger partial charge in [-0.3, -0.25) is 0 Å². The summed E-state index contributed by atoms with van der Waals surface area (Å²) < 4.78 is 32.7. The first-order chi connectivity index (χ1) is 8.72. The number of fused-ring (bicyclic) bond motifs is 3. The average Bonchev–Trinajstić information content (AvgIpc) is 2.39. The first kappa shape index (κ1) is 11.0. The molecule has 3 heteroatoms. The molecule has 0 spiro atoms. The quantitative estimate of drug-likeness (QED) is 0.580. The average molecular weight is 244 g/mol. The van der Waals surface area contributed by atoms with Crippen molar-refractivity contribution in [2.45, 2.75) is 0 Å². The van der Waals surface area contributed by atoms with Crippen LogP contribution in [0.1, 0.15) is 0 Å². The largest absolute Gasteiger partial charge is 0.494 e. The van der Waals surface area contributed by atoms with E-state index < -0.39 is 5.82 Å². The van der Waals surface area contributed by atoms with Crippen molar-refractivity contribution in [2.75, 3.05) is 7.11 Å². The Labute approximate surface area is 103 Å². The summed E-state index contributed by atoms with van der Waals surface area (Å²) >= 11 is 0. The third-order valence-electron chi connectivity index (χ3n) is 3.12. The number of hydrogen-bond acceptors (Lipinski definition) is 1. The van der Waals surface area contributed by atoms with E-state index >= 15 is 0 Å². The summed E-state index contributed by atoms with van der Waals surface area (Å²) in [6, 6.07) is 11.3. The van der Waals surface area contributed by atoms with Gasteiger partial charge < -0.3 is 4.74 Å². The number of hydrogen-bond donors (Lipinski definition) is 0. The van der Waals surface area contributed by atoms with Crippen LogP contribution in [0.4, 0.5) is 8.78 Å². The van der Waals surface area contributed by atoms with E-state index in [1.165, 1.54) is 13.2 Å². The highest BCUT2D eigenvalue weighted by Gasteiger charge is 2.11. The molecule has 0 amide bonds. The lowest BCUT2D eigenvalue weighted by molar-refractivity contribution is 0.389. The fourth-order valence-electron chi connectivity index (χ4n) is 2.24. The van der Waals surface area contributed by atoms with Crippen molar-refractivity contribution in [1.82, 2.24) is 0 Å². The molecule has 0 saturated carbocycles. The summed E-state index contributed by atoms with van der Waals surface area (Å²) in [6.07, 6.45) is 0. The van der Waals surface area contributed by atoms with Gasteiger partial charge in [0.1, 0.15) is 5.82 Å². The van der Waals surface area contributed by atoms with Crippen LogP contribution in [0.5, 0.6) is 5.75 Å². The monoisotopic (exact) mass is 244 g/mol. The SMILES string of the molecule is COc1ccc2c(ccc3c(F)cccc32)c1F. The van der Waals surface area contributed by atoms with Gasteiger partial charge in [-0.05, 0) is 29.0 Å². The van der Waals surface area contributed by atoms with Crippen LogP contribution < -0.4 is 4.74 Å². The van der Waals surface area contributed by atoms with E-state index in [1.807, 2.05) is 0 Å². The smallest absolute Gasteiger partial charge is 0.172 e. The van der Waals surface area contributed by atoms with Crippen LogP contribution in [0.15, 0.2) is 42.5 Å². The molecule has 0 saturated heterocycles. The van der Waals surface area contributed by atoms with Crippen LogP contribution in [-0.2, 0) is 0 Å². The van der Waals surface area contributed by atoms with Crippen molar-refractivity contribution >= 4 is 21.5 Å². The number of halogens is 2. The van der Waals surface area contributed by atoms with Gasteiger partial charge in [0.2, 0.25) is 0 Å². The maximum absolute atomic E-state index is 14.1. The minimum atomic E-state index is -0.416. The minimum absolute atomic E-state index is 0.193. The lowest BCUT2D eigenvalue weighted by atomic mass is 10.0. The molecule has 0 N–H and O–H groups in total. The summed E-state index contributed by atoms with van der Waals surface area (Å²) in [5.41, 5.74) is 0. The third-order valence-corrected chi connectivity index (χ3v) is 3.12. The predicted molar refractivity (Wildman–Crippen MR) is 67.9 cm³/mol. The predicted octanol–water partition coefficient (Wildman–Crippen LogP) is 4.28. The molecule has 3 aromatic carbocycles. The molecule has 18 heavy (non-hydrogen) atoms. The van der Waals surface area contributed by atoms with Crippen molar-refractivity contribution in [3.05, 3.63) is 54.1 Å². The van der Waals surface area contributed by atoms with Gasteiger partial charge in [-0.25, -0.2) is 8.78 Å². The Kier molecular flexibility index (Phi) is 2.40. The van der Waals surface area contributed by atoms with Gasteiger partial charge in [0.15, 0.2) is 11.6 Å². The Morgan fingerprint density at radius 1 is 0.778 bits per heavy atom. The molecule has 0 atom stereocenters. The molecule has 0 aliphatic heterocycles. The van der Waals surface area contributed by atoms with Gasteiger partial charge >= 0.3 is 0 Å². The molecule has 0 aliphatic rings. The molecule has 0 bridgehead atoms. The van der Waals surface area contributed by atoms with Gasteiger partial charge in [-0.2, -0.15) is 0 Å². The molecule has 0 radical (unpaired) electrons. The van der Waals surface area contributed by atoms with E-state index in [9.17, 15) is 8.78 Å². The summed E-state index contributed by atoms with van der Waals surface area (Å²) in [5.74, 6) is -0.523. The molecule has 0 fully saturated rings. The van der Waals surface area contributed by atoms with Gasteiger partial charge in [-0.1, -0.05) is 24.3 Å².